The molecule has 0 saturated carbocycles. The Morgan fingerprint density at radius 2 is 1.92 bits per heavy atom. The van der Waals surface area contributed by atoms with Gasteiger partial charge in [-0.25, -0.2) is 4.39 Å². The van der Waals surface area contributed by atoms with Crippen LogP contribution in [0, 0.1) is 12.7 Å². The number of likely N-dealkylation sites (tertiary alicyclic amines) is 1. The number of carbonyl (C=O) groups is 1. The van der Waals surface area contributed by atoms with Gasteiger partial charge in [-0.3, -0.25) is 9.69 Å². The Hall–Kier alpha value is -1.95. The number of hydrogen-bond acceptors (Lipinski definition) is 3. The molecule has 1 aliphatic heterocycles. The summed E-state index contributed by atoms with van der Waals surface area (Å²) in [6.07, 6.45) is 0. The number of nitrogens with zero attached hydrogens (tertiary/aromatic N) is 1. The topological polar surface area (TPSA) is 58.4 Å². The second-order valence-electron chi connectivity index (χ2n) is 6.76. The summed E-state index contributed by atoms with van der Waals surface area (Å²) < 4.78 is 13.6. The maximum Gasteiger partial charge on any atom is 0.241 e. The summed E-state index contributed by atoms with van der Waals surface area (Å²) in [5, 5.41) is 2.79. The lowest BCUT2D eigenvalue weighted by Crippen LogP contribution is -2.41. The molecule has 0 spiro atoms. The van der Waals surface area contributed by atoms with E-state index in [1.54, 1.807) is 19.1 Å². The quantitative estimate of drug-likeness (QED) is 0.859. The highest BCUT2D eigenvalue weighted by atomic mass is 35.5. The number of rotatable bonds is 4. The van der Waals surface area contributed by atoms with E-state index in [0.29, 0.717) is 17.8 Å². The summed E-state index contributed by atoms with van der Waals surface area (Å²) in [6, 6.07) is 14.5. The molecule has 1 heterocycles. The first-order valence-corrected chi connectivity index (χ1v) is 8.57. The molecule has 0 bridgehead atoms. The number of nitrogens with one attached hydrogen (secondary N) is 1. The monoisotopic (exact) mass is 377 g/mol. The van der Waals surface area contributed by atoms with Crippen LogP contribution in [0.5, 0.6) is 0 Å². The van der Waals surface area contributed by atoms with E-state index < -0.39 is 0 Å². The van der Waals surface area contributed by atoms with Gasteiger partial charge in [0.05, 0.1) is 6.04 Å². The SMILES string of the molecule is Cc1ccc(NC(=O)C(C)N2C[C@@H](N)[C@H](c3ccccc3)C2)cc1F.Cl. The van der Waals surface area contributed by atoms with E-state index in [0.717, 1.165) is 6.54 Å². The molecule has 2 aromatic rings. The normalized spacial score (nSPS) is 21.1. The van der Waals surface area contributed by atoms with E-state index in [-0.39, 0.29) is 42.1 Å². The summed E-state index contributed by atoms with van der Waals surface area (Å²) in [5.41, 5.74) is 8.54. The van der Waals surface area contributed by atoms with Gasteiger partial charge in [0.2, 0.25) is 5.91 Å². The van der Waals surface area contributed by atoms with Gasteiger partial charge >= 0.3 is 0 Å². The Morgan fingerprint density at radius 3 is 2.58 bits per heavy atom. The van der Waals surface area contributed by atoms with Gasteiger partial charge in [-0.2, -0.15) is 0 Å². The zero-order chi connectivity index (χ0) is 18.0. The molecule has 0 radical (unpaired) electrons. The lowest BCUT2D eigenvalue weighted by atomic mass is 9.95. The molecule has 1 aliphatic rings. The predicted molar refractivity (Wildman–Crippen MR) is 105 cm³/mol. The van der Waals surface area contributed by atoms with Gasteiger partial charge in [-0.05, 0) is 37.1 Å². The molecule has 4 nitrogen and oxygen atoms in total. The number of benzene rings is 2. The van der Waals surface area contributed by atoms with Gasteiger partial charge in [-0.15, -0.1) is 12.4 Å². The minimum Gasteiger partial charge on any atom is -0.326 e. The van der Waals surface area contributed by atoms with E-state index in [1.165, 1.54) is 11.6 Å². The van der Waals surface area contributed by atoms with Crippen LogP contribution in [0.2, 0.25) is 0 Å². The van der Waals surface area contributed by atoms with Crippen molar-refractivity contribution in [1.29, 1.82) is 0 Å². The fourth-order valence-electron chi connectivity index (χ4n) is 3.31. The summed E-state index contributed by atoms with van der Waals surface area (Å²) in [6.45, 7) is 4.96. The summed E-state index contributed by atoms with van der Waals surface area (Å²) in [4.78, 5) is 14.6. The van der Waals surface area contributed by atoms with Crippen LogP contribution in [0.25, 0.3) is 0 Å². The highest BCUT2D eigenvalue weighted by Crippen LogP contribution is 2.28. The Labute approximate surface area is 160 Å². The van der Waals surface area contributed by atoms with Gasteiger partial charge in [-0.1, -0.05) is 36.4 Å². The number of nitrogens with two attached hydrogens (primary N) is 1. The smallest absolute Gasteiger partial charge is 0.241 e. The second kappa shape index (κ2) is 8.62. The first-order chi connectivity index (χ1) is 12.0. The van der Waals surface area contributed by atoms with Gasteiger partial charge in [0.15, 0.2) is 0 Å². The summed E-state index contributed by atoms with van der Waals surface area (Å²) in [5.74, 6) is -0.254. The Balaban J connectivity index is 0.00000243. The van der Waals surface area contributed by atoms with Crippen molar-refractivity contribution in [3.05, 3.63) is 65.5 Å². The molecule has 1 amide bonds. The molecular formula is C20H25ClFN3O. The van der Waals surface area contributed by atoms with Crippen LogP contribution < -0.4 is 11.1 Å². The average Bonchev–Trinajstić information content (AvgIpc) is 3.00. The van der Waals surface area contributed by atoms with Gasteiger partial charge in [0.25, 0.3) is 0 Å². The van der Waals surface area contributed by atoms with Crippen LogP contribution in [0.1, 0.15) is 24.0 Å². The molecule has 0 aromatic heterocycles. The predicted octanol–water partition coefficient (Wildman–Crippen LogP) is 3.31. The molecule has 6 heteroatoms. The molecule has 3 atom stereocenters. The number of halogens is 2. The molecule has 140 valence electrons. The molecule has 1 unspecified atom stereocenters. The van der Waals surface area contributed by atoms with Crippen LogP contribution >= 0.6 is 12.4 Å². The molecule has 26 heavy (non-hydrogen) atoms. The van der Waals surface area contributed by atoms with E-state index in [9.17, 15) is 9.18 Å². The van der Waals surface area contributed by atoms with Crippen molar-refractivity contribution in [1.82, 2.24) is 4.90 Å². The van der Waals surface area contributed by atoms with E-state index in [1.807, 2.05) is 25.1 Å². The third kappa shape index (κ3) is 4.41. The van der Waals surface area contributed by atoms with Crippen molar-refractivity contribution in [2.75, 3.05) is 18.4 Å². The van der Waals surface area contributed by atoms with Crippen LogP contribution in [0.3, 0.4) is 0 Å². The second-order valence-corrected chi connectivity index (χ2v) is 6.76. The number of amides is 1. The fraction of sp³-hybridized carbons (Fsp3) is 0.350. The maximum absolute atomic E-state index is 13.6. The maximum atomic E-state index is 13.6. The lowest BCUT2D eigenvalue weighted by molar-refractivity contribution is -0.120. The minimum absolute atomic E-state index is 0. The van der Waals surface area contributed by atoms with Crippen LogP contribution in [-0.4, -0.2) is 36.0 Å². The molecule has 0 aliphatic carbocycles. The number of hydrogen-bond donors (Lipinski definition) is 2. The highest BCUT2D eigenvalue weighted by molar-refractivity contribution is 5.94. The zero-order valence-corrected chi connectivity index (χ0v) is 15.8. The average molecular weight is 378 g/mol. The Kier molecular flexibility index (Phi) is 6.75. The Bertz CT molecular complexity index is 756. The molecular weight excluding hydrogens is 353 g/mol. The molecule has 3 N–H and O–H groups in total. The number of carbonyl (C=O) groups excluding carboxylic acids is 1. The lowest BCUT2D eigenvalue weighted by Gasteiger charge is -2.23. The van der Waals surface area contributed by atoms with Crippen molar-refractivity contribution in [3.63, 3.8) is 0 Å². The minimum atomic E-state index is -0.330. The van der Waals surface area contributed by atoms with Gasteiger partial charge < -0.3 is 11.1 Å². The van der Waals surface area contributed by atoms with E-state index in [4.69, 9.17) is 5.73 Å². The molecule has 2 aromatic carbocycles. The van der Waals surface area contributed by atoms with Gasteiger partial charge in [0, 0.05) is 30.7 Å². The zero-order valence-electron chi connectivity index (χ0n) is 15.0. The van der Waals surface area contributed by atoms with Crippen LogP contribution in [0.15, 0.2) is 48.5 Å². The van der Waals surface area contributed by atoms with Crippen molar-refractivity contribution in [3.8, 4) is 0 Å². The van der Waals surface area contributed by atoms with E-state index >= 15 is 0 Å². The largest absolute Gasteiger partial charge is 0.326 e. The van der Waals surface area contributed by atoms with Crippen molar-refractivity contribution in [2.45, 2.75) is 31.8 Å². The molecule has 1 fully saturated rings. The highest BCUT2D eigenvalue weighted by Gasteiger charge is 2.35. The molecule has 1 saturated heterocycles. The fourth-order valence-corrected chi connectivity index (χ4v) is 3.31. The first kappa shape index (κ1) is 20.4. The van der Waals surface area contributed by atoms with Gasteiger partial charge in [0.1, 0.15) is 5.82 Å². The van der Waals surface area contributed by atoms with E-state index in [2.05, 4.69) is 22.3 Å². The van der Waals surface area contributed by atoms with Crippen molar-refractivity contribution >= 4 is 24.0 Å². The first-order valence-electron chi connectivity index (χ1n) is 8.57. The third-order valence-electron chi connectivity index (χ3n) is 4.99. The summed E-state index contributed by atoms with van der Waals surface area (Å²) in [7, 11) is 0. The third-order valence-corrected chi connectivity index (χ3v) is 4.99. The van der Waals surface area contributed by atoms with Crippen molar-refractivity contribution in [2.24, 2.45) is 5.73 Å². The number of anilines is 1. The number of aryl methyl sites for hydroxylation is 1. The van der Waals surface area contributed by atoms with Crippen molar-refractivity contribution < 1.29 is 9.18 Å². The Morgan fingerprint density at radius 1 is 1.23 bits per heavy atom. The van der Waals surface area contributed by atoms with Crippen LogP contribution in [-0.2, 0) is 4.79 Å². The standard InChI is InChI=1S/C20H24FN3O.ClH/c1-13-8-9-16(10-18(13)21)23-20(25)14(2)24-11-17(19(22)12-24)15-6-4-3-5-7-15;/h3-10,14,17,19H,11-12,22H2,1-2H3,(H,23,25);1H/t14?,17-,19+;/m0./s1. The van der Waals surface area contributed by atoms with Crippen LogP contribution in [0.4, 0.5) is 10.1 Å². The summed E-state index contributed by atoms with van der Waals surface area (Å²) >= 11 is 0. The molecule has 3 rings (SSSR count).